The molecule has 0 radical (unpaired) electrons. The largest absolute Gasteiger partial charge is 0.370 e. The van der Waals surface area contributed by atoms with Gasteiger partial charge >= 0.3 is 0 Å². The summed E-state index contributed by atoms with van der Waals surface area (Å²) >= 11 is 1.60. The number of nitrogens with two attached hydrogens (primary N) is 1. The van der Waals surface area contributed by atoms with E-state index < -0.39 is 0 Å². The first-order valence-electron chi connectivity index (χ1n) is 4.63. The van der Waals surface area contributed by atoms with Crippen LogP contribution in [0.5, 0.6) is 0 Å². The zero-order chi connectivity index (χ0) is 10.4. The Hall–Kier alpha value is -1.10. The molecule has 0 atom stereocenters. The Morgan fingerprint density at radius 2 is 2.43 bits per heavy atom. The summed E-state index contributed by atoms with van der Waals surface area (Å²) in [6.07, 6.45) is 2.26. The van der Waals surface area contributed by atoms with Gasteiger partial charge < -0.3 is 11.1 Å². The fourth-order valence-electron chi connectivity index (χ4n) is 1.05. The van der Waals surface area contributed by atoms with Crippen molar-refractivity contribution < 1.29 is 4.79 Å². The van der Waals surface area contributed by atoms with Crippen LogP contribution in [0.2, 0.25) is 0 Å². The number of rotatable bonds is 6. The summed E-state index contributed by atoms with van der Waals surface area (Å²) in [5.74, 6) is -0.227. The highest BCUT2D eigenvalue weighted by Gasteiger charge is 1.97. The molecule has 1 heterocycles. The SMILES string of the molecule is Cc1csc(NCCCCC(N)=O)n1. The van der Waals surface area contributed by atoms with Crippen LogP contribution in [0.1, 0.15) is 25.0 Å². The number of aryl methyl sites for hydroxylation is 1. The Balaban J connectivity index is 2.07. The van der Waals surface area contributed by atoms with Crippen LogP contribution in [0.3, 0.4) is 0 Å². The molecule has 0 bridgehead atoms. The second-order valence-corrected chi connectivity index (χ2v) is 4.00. The van der Waals surface area contributed by atoms with Gasteiger partial charge in [-0.1, -0.05) is 0 Å². The first kappa shape index (κ1) is 11.0. The fourth-order valence-corrected chi connectivity index (χ4v) is 1.77. The lowest BCUT2D eigenvalue weighted by atomic mass is 10.2. The Bertz CT molecular complexity index is 298. The standard InChI is InChI=1S/C9H15N3OS/c1-7-6-14-9(12-7)11-5-3-2-4-8(10)13/h6H,2-5H2,1H3,(H2,10,13)(H,11,12). The van der Waals surface area contributed by atoms with Gasteiger partial charge in [0.25, 0.3) is 0 Å². The summed E-state index contributed by atoms with van der Waals surface area (Å²) in [5, 5.41) is 6.15. The maximum atomic E-state index is 10.4. The third kappa shape index (κ3) is 4.23. The molecular formula is C9H15N3OS. The molecule has 0 aliphatic heterocycles. The lowest BCUT2D eigenvalue weighted by molar-refractivity contribution is -0.118. The van der Waals surface area contributed by atoms with Gasteiger partial charge in [-0.3, -0.25) is 4.79 Å². The van der Waals surface area contributed by atoms with E-state index in [-0.39, 0.29) is 5.91 Å². The van der Waals surface area contributed by atoms with E-state index in [0.29, 0.717) is 6.42 Å². The lowest BCUT2D eigenvalue weighted by Crippen LogP contribution is -2.10. The molecule has 0 saturated heterocycles. The van der Waals surface area contributed by atoms with E-state index in [2.05, 4.69) is 10.3 Å². The van der Waals surface area contributed by atoms with Crippen molar-refractivity contribution in [1.29, 1.82) is 0 Å². The molecule has 1 aromatic rings. The number of anilines is 1. The summed E-state index contributed by atoms with van der Waals surface area (Å²) in [6.45, 7) is 2.81. The molecule has 0 aliphatic rings. The Kier molecular flexibility index (Phi) is 4.39. The molecule has 0 aromatic carbocycles. The van der Waals surface area contributed by atoms with Crippen molar-refractivity contribution in [2.75, 3.05) is 11.9 Å². The van der Waals surface area contributed by atoms with Gasteiger partial charge in [0.05, 0.1) is 5.69 Å². The molecule has 14 heavy (non-hydrogen) atoms. The third-order valence-electron chi connectivity index (χ3n) is 1.75. The fraction of sp³-hybridized carbons (Fsp3) is 0.556. The van der Waals surface area contributed by atoms with Gasteiger partial charge in [-0.2, -0.15) is 0 Å². The smallest absolute Gasteiger partial charge is 0.217 e. The number of aromatic nitrogens is 1. The molecule has 1 aromatic heterocycles. The maximum Gasteiger partial charge on any atom is 0.217 e. The van der Waals surface area contributed by atoms with Crippen LogP contribution in [0, 0.1) is 6.92 Å². The minimum atomic E-state index is -0.227. The van der Waals surface area contributed by atoms with Crippen molar-refractivity contribution in [2.24, 2.45) is 5.73 Å². The van der Waals surface area contributed by atoms with Gasteiger partial charge in [0.1, 0.15) is 0 Å². The van der Waals surface area contributed by atoms with E-state index >= 15 is 0 Å². The minimum absolute atomic E-state index is 0.227. The van der Waals surface area contributed by atoms with Crippen molar-refractivity contribution in [3.05, 3.63) is 11.1 Å². The maximum absolute atomic E-state index is 10.4. The highest BCUT2D eigenvalue weighted by atomic mass is 32.1. The Morgan fingerprint density at radius 3 is 3.00 bits per heavy atom. The van der Waals surface area contributed by atoms with Crippen molar-refractivity contribution in [2.45, 2.75) is 26.2 Å². The number of unbranched alkanes of at least 4 members (excludes halogenated alkanes) is 1. The zero-order valence-corrected chi connectivity index (χ0v) is 9.06. The second kappa shape index (κ2) is 5.59. The van der Waals surface area contributed by atoms with E-state index in [1.54, 1.807) is 11.3 Å². The van der Waals surface area contributed by atoms with Crippen LogP contribution >= 0.6 is 11.3 Å². The van der Waals surface area contributed by atoms with E-state index in [1.807, 2.05) is 12.3 Å². The molecule has 0 fully saturated rings. The van der Waals surface area contributed by atoms with E-state index in [9.17, 15) is 4.79 Å². The lowest BCUT2D eigenvalue weighted by Gasteiger charge is -2.00. The number of nitrogens with zero attached hydrogens (tertiary/aromatic N) is 1. The van der Waals surface area contributed by atoms with Crippen LogP contribution in [0.4, 0.5) is 5.13 Å². The van der Waals surface area contributed by atoms with Crippen LogP contribution < -0.4 is 11.1 Å². The first-order chi connectivity index (χ1) is 6.68. The molecule has 1 amide bonds. The summed E-state index contributed by atoms with van der Waals surface area (Å²) in [6, 6.07) is 0. The summed E-state index contributed by atoms with van der Waals surface area (Å²) < 4.78 is 0. The van der Waals surface area contributed by atoms with Crippen molar-refractivity contribution in [3.8, 4) is 0 Å². The predicted octanol–water partition coefficient (Wildman–Crippen LogP) is 1.52. The first-order valence-corrected chi connectivity index (χ1v) is 5.51. The average molecular weight is 213 g/mol. The number of thiazole rings is 1. The van der Waals surface area contributed by atoms with Crippen LogP contribution in [-0.4, -0.2) is 17.4 Å². The highest BCUT2D eigenvalue weighted by molar-refractivity contribution is 7.13. The monoisotopic (exact) mass is 213 g/mol. The van der Waals surface area contributed by atoms with Crippen molar-refractivity contribution >= 4 is 22.4 Å². The summed E-state index contributed by atoms with van der Waals surface area (Å²) in [4.78, 5) is 14.7. The molecule has 78 valence electrons. The normalized spacial score (nSPS) is 10.1. The van der Waals surface area contributed by atoms with Gasteiger partial charge in [0.2, 0.25) is 5.91 Å². The summed E-state index contributed by atoms with van der Waals surface area (Å²) in [5.41, 5.74) is 6.06. The molecular weight excluding hydrogens is 198 g/mol. The average Bonchev–Trinajstić information content (AvgIpc) is 2.50. The number of carbonyl (C=O) groups excluding carboxylic acids is 1. The Labute approximate surface area is 87.5 Å². The highest BCUT2D eigenvalue weighted by Crippen LogP contribution is 2.14. The van der Waals surface area contributed by atoms with Gasteiger partial charge in [0, 0.05) is 18.3 Å². The number of amides is 1. The molecule has 3 N–H and O–H groups in total. The zero-order valence-electron chi connectivity index (χ0n) is 8.25. The topological polar surface area (TPSA) is 68.0 Å². The van der Waals surface area contributed by atoms with E-state index in [4.69, 9.17) is 5.73 Å². The molecule has 0 aliphatic carbocycles. The number of hydrogen-bond acceptors (Lipinski definition) is 4. The van der Waals surface area contributed by atoms with Crippen LogP contribution in [0.25, 0.3) is 0 Å². The number of hydrogen-bond donors (Lipinski definition) is 2. The van der Waals surface area contributed by atoms with Gasteiger partial charge in [-0.15, -0.1) is 11.3 Å². The number of nitrogens with one attached hydrogen (secondary N) is 1. The Morgan fingerprint density at radius 1 is 1.64 bits per heavy atom. The molecule has 0 unspecified atom stereocenters. The van der Waals surface area contributed by atoms with Gasteiger partial charge in [0.15, 0.2) is 5.13 Å². The van der Waals surface area contributed by atoms with Gasteiger partial charge in [-0.25, -0.2) is 4.98 Å². The number of carbonyl (C=O) groups is 1. The predicted molar refractivity (Wildman–Crippen MR) is 58.4 cm³/mol. The van der Waals surface area contributed by atoms with Crippen LogP contribution in [0.15, 0.2) is 5.38 Å². The van der Waals surface area contributed by atoms with E-state index in [0.717, 1.165) is 30.2 Å². The molecule has 1 rings (SSSR count). The van der Waals surface area contributed by atoms with E-state index in [1.165, 1.54) is 0 Å². The molecule has 4 nitrogen and oxygen atoms in total. The van der Waals surface area contributed by atoms with Crippen molar-refractivity contribution in [1.82, 2.24) is 4.98 Å². The number of primary amides is 1. The van der Waals surface area contributed by atoms with Crippen molar-refractivity contribution in [3.63, 3.8) is 0 Å². The summed E-state index contributed by atoms with van der Waals surface area (Å²) in [7, 11) is 0. The molecule has 0 saturated carbocycles. The van der Waals surface area contributed by atoms with Crippen LogP contribution in [-0.2, 0) is 4.79 Å². The second-order valence-electron chi connectivity index (χ2n) is 3.14. The quantitative estimate of drug-likeness (QED) is 0.704. The molecule has 0 spiro atoms. The molecule has 5 heteroatoms. The third-order valence-corrected chi connectivity index (χ3v) is 2.66. The minimum Gasteiger partial charge on any atom is -0.370 e. The van der Waals surface area contributed by atoms with Gasteiger partial charge in [-0.05, 0) is 19.8 Å².